The van der Waals surface area contributed by atoms with Gasteiger partial charge in [-0.1, -0.05) is 36.9 Å². The van der Waals surface area contributed by atoms with Crippen LogP contribution in [0, 0.1) is 0 Å². The summed E-state index contributed by atoms with van der Waals surface area (Å²) in [4.78, 5) is 40.3. The minimum Gasteiger partial charge on any atom is -0.467 e. The van der Waals surface area contributed by atoms with E-state index in [1.807, 2.05) is 91.6 Å². The molecule has 1 atom stereocenters. The Balaban J connectivity index is 1.61. The average Bonchev–Trinajstić information content (AvgIpc) is 3.39. The number of benzene rings is 2. The van der Waals surface area contributed by atoms with Crippen LogP contribution in [-0.4, -0.2) is 47.3 Å². The topological polar surface area (TPSA) is 99.7 Å². The van der Waals surface area contributed by atoms with Crippen molar-refractivity contribution in [3.63, 3.8) is 0 Å². The number of nitrogens with one attached hydrogen (secondary N) is 2. The number of anilines is 2. The number of aliphatic imine (C=N–C) groups is 1. The molecule has 8 nitrogen and oxygen atoms in total. The highest BCUT2D eigenvalue weighted by atomic mass is 16.5. The number of aromatic amines is 1. The van der Waals surface area contributed by atoms with Gasteiger partial charge in [-0.25, -0.2) is 9.78 Å². The summed E-state index contributed by atoms with van der Waals surface area (Å²) in [7, 11) is 1.30. The van der Waals surface area contributed by atoms with Gasteiger partial charge in [0, 0.05) is 34.0 Å². The fraction of sp³-hybridized carbons (Fsp3) is 0.161. The number of H-pyrrole nitrogens is 1. The lowest BCUT2D eigenvalue weighted by Gasteiger charge is -2.28. The molecule has 2 N–H and O–H groups in total. The molecule has 0 spiro atoms. The lowest BCUT2D eigenvalue weighted by Crippen LogP contribution is -2.48. The molecule has 2 aromatic heterocycles. The molecule has 4 rings (SSSR count). The van der Waals surface area contributed by atoms with E-state index < -0.39 is 17.9 Å². The van der Waals surface area contributed by atoms with Gasteiger partial charge in [-0.3, -0.25) is 9.79 Å². The number of amides is 1. The minimum absolute atomic E-state index is 0.125. The number of methoxy groups -OCH3 is 1. The SMILES string of the molecule is C=C(C)N=C(/C=C\C)c1cc2cc(C(=O)N[C@@H](CN(c3ccccc3)c3ccccn3)C(=O)OC)ccc2[nH]1. The van der Waals surface area contributed by atoms with Crippen LogP contribution in [0.15, 0.2) is 108 Å². The molecule has 0 aliphatic rings. The summed E-state index contributed by atoms with van der Waals surface area (Å²) in [5.41, 5.74) is 4.34. The van der Waals surface area contributed by atoms with Crippen LogP contribution in [0.3, 0.4) is 0 Å². The van der Waals surface area contributed by atoms with E-state index in [2.05, 4.69) is 26.9 Å². The van der Waals surface area contributed by atoms with E-state index in [0.717, 1.165) is 28.0 Å². The summed E-state index contributed by atoms with van der Waals surface area (Å²) in [6.07, 6.45) is 5.48. The van der Waals surface area contributed by atoms with E-state index >= 15 is 0 Å². The molecule has 39 heavy (non-hydrogen) atoms. The summed E-state index contributed by atoms with van der Waals surface area (Å²) < 4.78 is 5.04. The molecule has 2 heterocycles. The van der Waals surface area contributed by atoms with Gasteiger partial charge in [-0.2, -0.15) is 0 Å². The fourth-order valence-corrected chi connectivity index (χ4v) is 4.16. The van der Waals surface area contributed by atoms with Crippen molar-refractivity contribution in [3.8, 4) is 0 Å². The van der Waals surface area contributed by atoms with Crippen molar-refractivity contribution in [1.29, 1.82) is 0 Å². The summed E-state index contributed by atoms with van der Waals surface area (Å²) in [5, 5.41) is 3.69. The number of pyridine rings is 1. The predicted octanol–water partition coefficient (Wildman–Crippen LogP) is 5.57. The Morgan fingerprint density at radius 3 is 2.56 bits per heavy atom. The van der Waals surface area contributed by atoms with Crippen molar-refractivity contribution < 1.29 is 14.3 Å². The van der Waals surface area contributed by atoms with Gasteiger partial charge >= 0.3 is 5.97 Å². The van der Waals surface area contributed by atoms with Crippen molar-refractivity contribution >= 4 is 40.0 Å². The number of carbonyl (C=O) groups excluding carboxylic acids is 2. The third-order valence-electron chi connectivity index (χ3n) is 5.94. The average molecular weight is 522 g/mol. The summed E-state index contributed by atoms with van der Waals surface area (Å²) >= 11 is 0. The zero-order chi connectivity index (χ0) is 27.8. The Morgan fingerprint density at radius 2 is 1.90 bits per heavy atom. The maximum absolute atomic E-state index is 13.4. The van der Waals surface area contributed by atoms with Crippen LogP contribution in [0.4, 0.5) is 11.5 Å². The van der Waals surface area contributed by atoms with Crippen LogP contribution >= 0.6 is 0 Å². The largest absolute Gasteiger partial charge is 0.467 e. The monoisotopic (exact) mass is 521 g/mol. The van der Waals surface area contributed by atoms with Gasteiger partial charge in [-0.05, 0) is 68.5 Å². The normalized spacial score (nSPS) is 12.3. The molecule has 0 unspecified atom stereocenters. The first-order valence-corrected chi connectivity index (χ1v) is 12.5. The minimum atomic E-state index is -0.953. The van der Waals surface area contributed by atoms with E-state index in [4.69, 9.17) is 4.74 Å². The van der Waals surface area contributed by atoms with E-state index in [-0.39, 0.29) is 6.54 Å². The summed E-state index contributed by atoms with van der Waals surface area (Å²) in [6.45, 7) is 7.75. The fourth-order valence-electron chi connectivity index (χ4n) is 4.16. The number of aromatic nitrogens is 2. The third kappa shape index (κ3) is 6.67. The first-order valence-electron chi connectivity index (χ1n) is 12.5. The van der Waals surface area contributed by atoms with E-state index in [1.54, 1.807) is 18.3 Å². The predicted molar refractivity (Wildman–Crippen MR) is 155 cm³/mol. The molecular weight excluding hydrogens is 490 g/mol. The smallest absolute Gasteiger partial charge is 0.330 e. The zero-order valence-electron chi connectivity index (χ0n) is 22.2. The van der Waals surface area contributed by atoms with Crippen LogP contribution in [0.1, 0.15) is 29.9 Å². The van der Waals surface area contributed by atoms with Crippen molar-refractivity contribution in [3.05, 3.63) is 115 Å². The molecule has 1 amide bonds. The number of rotatable bonds is 10. The second kappa shape index (κ2) is 12.5. The Bertz CT molecular complexity index is 1480. The molecule has 0 aliphatic heterocycles. The molecule has 2 aromatic carbocycles. The number of ether oxygens (including phenoxy) is 1. The second-order valence-electron chi connectivity index (χ2n) is 8.90. The molecule has 0 saturated carbocycles. The first-order chi connectivity index (χ1) is 18.9. The van der Waals surface area contributed by atoms with Crippen molar-refractivity contribution in [1.82, 2.24) is 15.3 Å². The molecule has 198 valence electrons. The van der Waals surface area contributed by atoms with Gasteiger partial charge < -0.3 is 19.9 Å². The van der Waals surface area contributed by atoms with Gasteiger partial charge in [0.1, 0.15) is 11.9 Å². The van der Waals surface area contributed by atoms with E-state index in [9.17, 15) is 9.59 Å². The standard InChI is InChI=1S/C31H31N5O3/c1-5-11-26(33-21(2)3)27-19-23-18-22(15-16-25(23)34-27)30(37)35-28(31(38)39-4)20-36(24-12-7-6-8-13-24)29-14-9-10-17-32-29/h5-19,28,34H,2,20H2,1,3-4H3,(H,35,37)/b11-5-,33-26?/t28-/m0/s1. The van der Waals surface area contributed by atoms with Gasteiger partial charge in [0.15, 0.2) is 0 Å². The lowest BCUT2D eigenvalue weighted by atomic mass is 10.1. The number of hydrogen-bond acceptors (Lipinski definition) is 6. The second-order valence-corrected chi connectivity index (χ2v) is 8.90. The van der Waals surface area contributed by atoms with Crippen molar-refractivity contribution in [2.75, 3.05) is 18.6 Å². The molecule has 4 aromatic rings. The summed E-state index contributed by atoms with van der Waals surface area (Å²) in [5.74, 6) is -0.313. The third-order valence-corrected chi connectivity index (χ3v) is 5.94. The Morgan fingerprint density at radius 1 is 1.13 bits per heavy atom. The van der Waals surface area contributed by atoms with Crippen LogP contribution in [0.5, 0.6) is 0 Å². The Hall–Kier alpha value is -4.98. The van der Waals surface area contributed by atoms with Crippen LogP contribution in [-0.2, 0) is 9.53 Å². The number of fused-ring (bicyclic) bond motifs is 1. The van der Waals surface area contributed by atoms with Crippen LogP contribution < -0.4 is 10.2 Å². The van der Waals surface area contributed by atoms with Gasteiger partial charge in [0.05, 0.1) is 25.1 Å². The Kier molecular flexibility index (Phi) is 8.68. The number of esters is 1. The highest BCUT2D eigenvalue weighted by Crippen LogP contribution is 2.24. The van der Waals surface area contributed by atoms with E-state index in [1.165, 1.54) is 7.11 Å². The highest BCUT2D eigenvalue weighted by Gasteiger charge is 2.26. The molecule has 0 bridgehead atoms. The maximum Gasteiger partial charge on any atom is 0.330 e. The van der Waals surface area contributed by atoms with Gasteiger partial charge in [-0.15, -0.1) is 0 Å². The van der Waals surface area contributed by atoms with Crippen molar-refractivity contribution in [2.45, 2.75) is 19.9 Å². The molecule has 0 radical (unpaired) electrons. The van der Waals surface area contributed by atoms with Crippen LogP contribution in [0.2, 0.25) is 0 Å². The molecule has 8 heteroatoms. The molecule has 0 saturated heterocycles. The Labute approximate surface area is 227 Å². The number of hydrogen-bond donors (Lipinski definition) is 2. The summed E-state index contributed by atoms with van der Waals surface area (Å²) in [6, 6.07) is 21.4. The first kappa shape index (κ1) is 27.1. The highest BCUT2D eigenvalue weighted by molar-refractivity contribution is 6.11. The zero-order valence-corrected chi connectivity index (χ0v) is 22.2. The maximum atomic E-state index is 13.4. The number of carbonyl (C=O) groups is 2. The quantitative estimate of drug-likeness (QED) is 0.210. The molecular formula is C31H31N5O3. The number of nitrogens with zero attached hydrogens (tertiary/aromatic N) is 3. The van der Waals surface area contributed by atoms with Gasteiger partial charge in [0.25, 0.3) is 5.91 Å². The lowest BCUT2D eigenvalue weighted by molar-refractivity contribution is -0.142. The number of allylic oxidation sites excluding steroid dienone is 3. The van der Waals surface area contributed by atoms with Crippen LogP contribution in [0.25, 0.3) is 10.9 Å². The molecule has 0 fully saturated rings. The van der Waals surface area contributed by atoms with Gasteiger partial charge in [0.2, 0.25) is 0 Å². The molecule has 0 aliphatic carbocycles. The van der Waals surface area contributed by atoms with Crippen molar-refractivity contribution in [2.24, 2.45) is 4.99 Å². The van der Waals surface area contributed by atoms with E-state index in [0.29, 0.717) is 17.1 Å². The number of para-hydroxylation sites is 1.